The maximum Gasteiger partial charge on any atom is 0.277 e. The molecule has 102 valence electrons. The molecule has 0 bridgehead atoms. The lowest BCUT2D eigenvalue weighted by Crippen LogP contribution is -1.81. The van der Waals surface area contributed by atoms with E-state index >= 15 is 0 Å². The van der Waals surface area contributed by atoms with E-state index in [0.29, 0.717) is 16.9 Å². The first kappa shape index (κ1) is 13.3. The molecule has 3 rings (SSSR count). The van der Waals surface area contributed by atoms with Gasteiger partial charge in [0.15, 0.2) is 0 Å². The number of aryl methyl sites for hydroxylation is 1. The van der Waals surface area contributed by atoms with Crippen LogP contribution >= 0.6 is 23.4 Å². The molecule has 2 heterocycles. The molecule has 0 saturated heterocycles. The highest BCUT2D eigenvalue weighted by molar-refractivity contribution is 7.98. The van der Waals surface area contributed by atoms with Crippen molar-refractivity contribution in [1.29, 1.82) is 0 Å². The number of furan rings is 1. The molecule has 1 aromatic carbocycles. The summed E-state index contributed by atoms with van der Waals surface area (Å²) in [5.41, 5.74) is 1.86. The Bertz CT molecular complexity index is 723. The summed E-state index contributed by atoms with van der Waals surface area (Å²) in [6.07, 6.45) is 1.60. The number of hydrogen-bond acceptors (Lipinski definition) is 5. The molecule has 0 aliphatic heterocycles. The minimum Gasteiger partial charge on any atom is -0.469 e. The summed E-state index contributed by atoms with van der Waals surface area (Å²) in [5.74, 6) is 1.92. The van der Waals surface area contributed by atoms with Gasteiger partial charge in [0.25, 0.3) is 11.1 Å². The van der Waals surface area contributed by atoms with Gasteiger partial charge >= 0.3 is 0 Å². The number of benzene rings is 1. The van der Waals surface area contributed by atoms with Crippen LogP contribution in [0.15, 0.2) is 50.7 Å². The highest BCUT2D eigenvalue weighted by Gasteiger charge is 2.13. The van der Waals surface area contributed by atoms with Gasteiger partial charge in [0.05, 0.1) is 11.8 Å². The van der Waals surface area contributed by atoms with Gasteiger partial charge < -0.3 is 8.83 Å². The van der Waals surface area contributed by atoms with Crippen LogP contribution in [0, 0.1) is 6.92 Å². The Morgan fingerprint density at radius 2 is 2.05 bits per heavy atom. The van der Waals surface area contributed by atoms with E-state index < -0.39 is 0 Å². The van der Waals surface area contributed by atoms with Crippen LogP contribution in [0.5, 0.6) is 0 Å². The minimum atomic E-state index is 0.470. The fraction of sp³-hybridized carbons (Fsp3) is 0.143. The maximum absolute atomic E-state index is 6.11. The third-order valence-electron chi connectivity index (χ3n) is 2.80. The predicted octanol–water partition coefficient (Wildman–Crippen LogP) is 4.58. The van der Waals surface area contributed by atoms with Crippen molar-refractivity contribution in [3.05, 3.63) is 52.9 Å². The first-order chi connectivity index (χ1) is 9.74. The summed E-state index contributed by atoms with van der Waals surface area (Å²) in [7, 11) is 0. The second kappa shape index (κ2) is 5.73. The largest absolute Gasteiger partial charge is 0.469 e. The molecule has 0 spiro atoms. The Morgan fingerprint density at radius 3 is 2.80 bits per heavy atom. The molecule has 0 aliphatic rings. The summed E-state index contributed by atoms with van der Waals surface area (Å²) < 4.78 is 10.8. The van der Waals surface area contributed by atoms with Crippen LogP contribution in [0.1, 0.15) is 11.3 Å². The van der Waals surface area contributed by atoms with E-state index in [4.69, 9.17) is 20.4 Å². The van der Waals surface area contributed by atoms with E-state index in [9.17, 15) is 0 Å². The highest BCUT2D eigenvalue weighted by Crippen LogP contribution is 2.29. The molecule has 0 atom stereocenters. The molecule has 0 saturated carbocycles. The summed E-state index contributed by atoms with van der Waals surface area (Å²) in [4.78, 5) is 0. The molecular formula is C14H11ClN2O2S. The molecular weight excluding hydrogens is 296 g/mol. The number of thioether (sulfide) groups is 1. The number of hydrogen-bond donors (Lipinski definition) is 0. The van der Waals surface area contributed by atoms with Crippen molar-refractivity contribution in [3.63, 3.8) is 0 Å². The molecule has 0 N–H and O–H groups in total. The normalized spacial score (nSPS) is 10.9. The SMILES string of the molecule is Cc1occc1-c1nnc(SCc2ccccc2Cl)o1. The smallest absolute Gasteiger partial charge is 0.277 e. The van der Waals surface area contributed by atoms with Gasteiger partial charge in [-0.25, -0.2) is 0 Å². The zero-order chi connectivity index (χ0) is 13.9. The third kappa shape index (κ3) is 2.73. The van der Waals surface area contributed by atoms with Crippen LogP contribution in [0.4, 0.5) is 0 Å². The van der Waals surface area contributed by atoms with E-state index in [0.717, 1.165) is 21.9 Å². The average molecular weight is 307 g/mol. The van der Waals surface area contributed by atoms with Gasteiger partial charge in [-0.05, 0) is 24.6 Å². The summed E-state index contributed by atoms with van der Waals surface area (Å²) in [6.45, 7) is 1.86. The van der Waals surface area contributed by atoms with Crippen LogP contribution < -0.4 is 0 Å². The van der Waals surface area contributed by atoms with Gasteiger partial charge in [0, 0.05) is 10.8 Å². The molecule has 4 nitrogen and oxygen atoms in total. The lowest BCUT2D eigenvalue weighted by Gasteiger charge is -2.00. The first-order valence-electron chi connectivity index (χ1n) is 5.98. The Kier molecular flexibility index (Phi) is 3.80. The van der Waals surface area contributed by atoms with Crippen molar-refractivity contribution in [2.24, 2.45) is 0 Å². The van der Waals surface area contributed by atoms with Crippen LogP contribution in [0.3, 0.4) is 0 Å². The van der Waals surface area contributed by atoms with Gasteiger partial charge in [0.1, 0.15) is 5.76 Å². The molecule has 0 radical (unpaired) electrons. The van der Waals surface area contributed by atoms with Crippen molar-refractivity contribution in [2.45, 2.75) is 17.9 Å². The molecule has 0 aliphatic carbocycles. The second-order valence-corrected chi connectivity index (χ2v) is 5.48. The van der Waals surface area contributed by atoms with Gasteiger partial charge in [-0.1, -0.05) is 41.6 Å². The molecule has 0 amide bonds. The zero-order valence-corrected chi connectivity index (χ0v) is 12.2. The lowest BCUT2D eigenvalue weighted by atomic mass is 10.2. The van der Waals surface area contributed by atoms with E-state index in [-0.39, 0.29) is 0 Å². The predicted molar refractivity (Wildman–Crippen MR) is 77.8 cm³/mol. The van der Waals surface area contributed by atoms with E-state index in [1.807, 2.05) is 37.3 Å². The topological polar surface area (TPSA) is 52.1 Å². The summed E-state index contributed by atoms with van der Waals surface area (Å²) >= 11 is 7.56. The molecule has 0 unspecified atom stereocenters. The molecule has 2 aromatic heterocycles. The Labute approximate surface area is 125 Å². The van der Waals surface area contributed by atoms with Gasteiger partial charge in [-0.15, -0.1) is 10.2 Å². The van der Waals surface area contributed by atoms with E-state index in [2.05, 4.69) is 10.2 Å². The summed E-state index contributed by atoms with van der Waals surface area (Å²) in [5, 5.41) is 9.30. The zero-order valence-electron chi connectivity index (χ0n) is 10.7. The van der Waals surface area contributed by atoms with Crippen molar-refractivity contribution >= 4 is 23.4 Å². The Morgan fingerprint density at radius 1 is 1.20 bits per heavy atom. The number of rotatable bonds is 4. The number of aromatic nitrogens is 2. The Hall–Kier alpha value is -1.72. The fourth-order valence-corrected chi connectivity index (χ4v) is 2.79. The van der Waals surface area contributed by atoms with Gasteiger partial charge in [-0.3, -0.25) is 0 Å². The second-order valence-electron chi connectivity index (χ2n) is 4.14. The minimum absolute atomic E-state index is 0.470. The third-order valence-corrected chi connectivity index (χ3v) is 4.04. The average Bonchev–Trinajstić information content (AvgIpc) is 3.06. The van der Waals surface area contributed by atoms with Crippen LogP contribution in [0.2, 0.25) is 5.02 Å². The Balaban J connectivity index is 1.72. The van der Waals surface area contributed by atoms with Crippen LogP contribution in [-0.2, 0) is 5.75 Å². The number of halogens is 1. The van der Waals surface area contributed by atoms with Gasteiger partial charge in [-0.2, -0.15) is 0 Å². The van der Waals surface area contributed by atoms with Crippen LogP contribution in [0.25, 0.3) is 11.5 Å². The molecule has 6 heteroatoms. The van der Waals surface area contributed by atoms with Crippen molar-refractivity contribution in [2.75, 3.05) is 0 Å². The van der Waals surface area contributed by atoms with Gasteiger partial charge in [0.2, 0.25) is 0 Å². The standard InChI is InChI=1S/C14H11ClN2O2S/c1-9-11(6-7-18-9)13-16-17-14(19-13)20-8-10-4-2-3-5-12(10)15/h2-7H,8H2,1H3. The fourth-order valence-electron chi connectivity index (χ4n) is 1.74. The van der Waals surface area contributed by atoms with E-state index in [1.54, 1.807) is 6.26 Å². The van der Waals surface area contributed by atoms with Crippen molar-refractivity contribution in [3.8, 4) is 11.5 Å². The lowest BCUT2D eigenvalue weighted by molar-refractivity contribution is 0.463. The van der Waals surface area contributed by atoms with Crippen molar-refractivity contribution < 1.29 is 8.83 Å². The maximum atomic E-state index is 6.11. The quantitative estimate of drug-likeness (QED) is 0.660. The molecule has 3 aromatic rings. The molecule has 0 fully saturated rings. The number of nitrogens with zero attached hydrogens (tertiary/aromatic N) is 2. The summed E-state index contributed by atoms with van der Waals surface area (Å²) in [6, 6.07) is 9.52. The van der Waals surface area contributed by atoms with Crippen LogP contribution in [-0.4, -0.2) is 10.2 Å². The van der Waals surface area contributed by atoms with Crippen molar-refractivity contribution in [1.82, 2.24) is 10.2 Å². The first-order valence-corrected chi connectivity index (χ1v) is 7.34. The monoisotopic (exact) mass is 306 g/mol. The molecule has 20 heavy (non-hydrogen) atoms. The highest BCUT2D eigenvalue weighted by atomic mass is 35.5. The van der Waals surface area contributed by atoms with E-state index in [1.165, 1.54) is 11.8 Å².